The van der Waals surface area contributed by atoms with Crippen molar-refractivity contribution in [2.75, 3.05) is 12.4 Å². The second-order valence-corrected chi connectivity index (χ2v) is 5.92. The number of amides is 1. The first kappa shape index (κ1) is 19.2. The number of hydrogen-bond donors (Lipinski definition) is 1. The molecule has 0 fully saturated rings. The molecular formula is C21H23NO4. The summed E-state index contributed by atoms with van der Waals surface area (Å²) >= 11 is 0. The van der Waals surface area contributed by atoms with Crippen LogP contribution >= 0.6 is 0 Å². The van der Waals surface area contributed by atoms with Crippen LogP contribution in [0.15, 0.2) is 48.5 Å². The van der Waals surface area contributed by atoms with Crippen molar-refractivity contribution in [1.29, 1.82) is 0 Å². The molecule has 26 heavy (non-hydrogen) atoms. The summed E-state index contributed by atoms with van der Waals surface area (Å²) in [5.41, 5.74) is 3.61. The first-order chi connectivity index (χ1) is 12.4. The van der Waals surface area contributed by atoms with E-state index in [9.17, 15) is 9.59 Å². The van der Waals surface area contributed by atoms with Gasteiger partial charge >= 0.3 is 5.97 Å². The van der Waals surface area contributed by atoms with E-state index in [2.05, 4.69) is 5.32 Å². The average Bonchev–Trinajstić information content (AvgIpc) is 2.64. The molecule has 1 amide bonds. The molecule has 5 nitrogen and oxygen atoms in total. The van der Waals surface area contributed by atoms with Gasteiger partial charge in [-0.25, -0.2) is 4.79 Å². The predicted octanol–water partition coefficient (Wildman–Crippen LogP) is 3.90. The van der Waals surface area contributed by atoms with Gasteiger partial charge in [-0.15, -0.1) is 0 Å². The molecule has 0 aliphatic heterocycles. The molecular weight excluding hydrogens is 330 g/mol. The van der Waals surface area contributed by atoms with E-state index in [0.29, 0.717) is 5.69 Å². The van der Waals surface area contributed by atoms with Crippen molar-refractivity contribution in [3.63, 3.8) is 0 Å². The molecule has 0 heterocycles. The average molecular weight is 353 g/mol. The first-order valence-electron chi connectivity index (χ1n) is 8.30. The number of hydrogen-bond acceptors (Lipinski definition) is 4. The number of methoxy groups -OCH3 is 1. The molecule has 136 valence electrons. The van der Waals surface area contributed by atoms with E-state index in [1.54, 1.807) is 32.2 Å². The summed E-state index contributed by atoms with van der Waals surface area (Å²) in [4.78, 5) is 24.1. The van der Waals surface area contributed by atoms with Gasteiger partial charge in [0.2, 0.25) is 0 Å². The van der Waals surface area contributed by atoms with Gasteiger partial charge in [0.15, 0.2) is 6.10 Å². The largest absolute Gasteiger partial charge is 0.497 e. The number of rotatable bonds is 6. The molecule has 0 aromatic heterocycles. The number of esters is 1. The fraction of sp³-hybridized carbons (Fsp3) is 0.238. The molecule has 0 saturated carbocycles. The van der Waals surface area contributed by atoms with Gasteiger partial charge in [0, 0.05) is 11.8 Å². The van der Waals surface area contributed by atoms with Crippen LogP contribution in [0.4, 0.5) is 5.69 Å². The minimum Gasteiger partial charge on any atom is -0.497 e. The molecule has 0 spiro atoms. The van der Waals surface area contributed by atoms with Crippen LogP contribution in [0.2, 0.25) is 0 Å². The summed E-state index contributed by atoms with van der Waals surface area (Å²) in [5, 5.41) is 2.79. The van der Waals surface area contributed by atoms with Gasteiger partial charge in [0.1, 0.15) is 5.75 Å². The van der Waals surface area contributed by atoms with Crippen molar-refractivity contribution < 1.29 is 19.1 Å². The fourth-order valence-corrected chi connectivity index (χ4v) is 2.27. The van der Waals surface area contributed by atoms with E-state index in [4.69, 9.17) is 9.47 Å². The Morgan fingerprint density at radius 1 is 1.08 bits per heavy atom. The van der Waals surface area contributed by atoms with Crippen molar-refractivity contribution in [2.24, 2.45) is 0 Å². The quantitative estimate of drug-likeness (QED) is 0.632. The smallest absolute Gasteiger partial charge is 0.331 e. The van der Waals surface area contributed by atoms with Crippen molar-refractivity contribution in [1.82, 2.24) is 0 Å². The van der Waals surface area contributed by atoms with Gasteiger partial charge in [-0.3, -0.25) is 4.79 Å². The normalized spacial score (nSPS) is 11.8. The second-order valence-electron chi connectivity index (χ2n) is 5.92. The zero-order chi connectivity index (χ0) is 19.1. The van der Waals surface area contributed by atoms with E-state index in [-0.39, 0.29) is 5.91 Å². The van der Waals surface area contributed by atoms with Crippen molar-refractivity contribution >= 4 is 23.6 Å². The lowest BCUT2D eigenvalue weighted by Crippen LogP contribution is -2.29. The predicted molar refractivity (Wildman–Crippen MR) is 102 cm³/mol. The fourth-order valence-electron chi connectivity index (χ4n) is 2.27. The van der Waals surface area contributed by atoms with Gasteiger partial charge < -0.3 is 14.8 Å². The van der Waals surface area contributed by atoms with Gasteiger partial charge in [-0.05, 0) is 61.7 Å². The molecule has 2 aromatic carbocycles. The number of aryl methyl sites for hydroxylation is 1. The minimum atomic E-state index is -0.900. The Morgan fingerprint density at radius 3 is 2.42 bits per heavy atom. The van der Waals surface area contributed by atoms with Gasteiger partial charge in [-0.2, -0.15) is 0 Å². The number of nitrogens with one attached hydrogen (secondary N) is 1. The first-order valence-corrected chi connectivity index (χ1v) is 8.30. The Kier molecular flexibility index (Phi) is 6.55. The highest BCUT2D eigenvalue weighted by Crippen LogP contribution is 2.18. The van der Waals surface area contributed by atoms with Gasteiger partial charge in [-0.1, -0.05) is 24.3 Å². The summed E-state index contributed by atoms with van der Waals surface area (Å²) in [6.45, 7) is 5.44. The Bertz CT molecular complexity index is 809. The zero-order valence-electron chi connectivity index (χ0n) is 15.4. The highest BCUT2D eigenvalue weighted by Gasteiger charge is 2.17. The van der Waals surface area contributed by atoms with Crippen LogP contribution in [-0.4, -0.2) is 25.1 Å². The summed E-state index contributed by atoms with van der Waals surface area (Å²) in [5.74, 6) is -0.212. The monoisotopic (exact) mass is 353 g/mol. The van der Waals surface area contributed by atoms with E-state index >= 15 is 0 Å². The standard InChI is InChI=1S/C21H23NO4/c1-14-6-5-7-19(15(14)2)22-21(24)16(3)26-20(23)13-10-17-8-11-18(25-4)12-9-17/h5-13,16H,1-4H3,(H,22,24)/b13-10+/t16-/m1/s1. The molecule has 1 atom stereocenters. The maximum absolute atomic E-state index is 12.2. The maximum atomic E-state index is 12.2. The van der Waals surface area contributed by atoms with Crippen molar-refractivity contribution in [3.05, 3.63) is 65.2 Å². The molecule has 0 unspecified atom stereocenters. The topological polar surface area (TPSA) is 64.6 Å². The lowest BCUT2D eigenvalue weighted by Gasteiger charge is -2.14. The van der Waals surface area contributed by atoms with Crippen LogP contribution < -0.4 is 10.1 Å². The molecule has 2 aromatic rings. The molecule has 0 aliphatic rings. The number of carbonyl (C=O) groups is 2. The van der Waals surface area contributed by atoms with Crippen LogP contribution in [0.1, 0.15) is 23.6 Å². The summed E-state index contributed by atoms with van der Waals surface area (Å²) in [6.07, 6.45) is 2.02. The lowest BCUT2D eigenvalue weighted by atomic mass is 10.1. The SMILES string of the molecule is COc1ccc(/C=C/C(=O)O[C@H](C)C(=O)Nc2cccc(C)c2C)cc1. The van der Waals surface area contributed by atoms with E-state index in [1.165, 1.54) is 6.08 Å². The molecule has 0 bridgehead atoms. The molecule has 0 radical (unpaired) electrons. The maximum Gasteiger partial charge on any atom is 0.331 e. The third-order valence-electron chi connectivity index (χ3n) is 4.05. The Labute approximate surface area is 153 Å². The highest BCUT2D eigenvalue weighted by molar-refractivity contribution is 5.97. The summed E-state index contributed by atoms with van der Waals surface area (Å²) in [7, 11) is 1.59. The highest BCUT2D eigenvalue weighted by atomic mass is 16.5. The van der Waals surface area contributed by atoms with Crippen molar-refractivity contribution in [3.8, 4) is 5.75 Å². The third-order valence-corrected chi connectivity index (χ3v) is 4.05. The molecule has 2 rings (SSSR count). The molecule has 0 saturated heterocycles. The van der Waals surface area contributed by atoms with Crippen LogP contribution in [0.5, 0.6) is 5.75 Å². The number of anilines is 1. The lowest BCUT2D eigenvalue weighted by molar-refractivity contribution is -0.148. The summed E-state index contributed by atoms with van der Waals surface area (Å²) in [6, 6.07) is 12.9. The zero-order valence-corrected chi connectivity index (χ0v) is 15.4. The minimum absolute atomic E-state index is 0.370. The van der Waals surface area contributed by atoms with E-state index in [0.717, 1.165) is 22.4 Å². The molecule has 5 heteroatoms. The van der Waals surface area contributed by atoms with E-state index in [1.807, 2.05) is 44.2 Å². The van der Waals surface area contributed by atoms with Crippen LogP contribution in [-0.2, 0) is 14.3 Å². The number of benzene rings is 2. The van der Waals surface area contributed by atoms with Crippen LogP contribution in [0.25, 0.3) is 6.08 Å². The van der Waals surface area contributed by atoms with E-state index < -0.39 is 12.1 Å². The van der Waals surface area contributed by atoms with Gasteiger partial charge in [0.25, 0.3) is 5.91 Å². The van der Waals surface area contributed by atoms with Crippen LogP contribution in [0.3, 0.4) is 0 Å². The Morgan fingerprint density at radius 2 is 1.77 bits per heavy atom. The Balaban J connectivity index is 1.91. The van der Waals surface area contributed by atoms with Crippen molar-refractivity contribution in [2.45, 2.75) is 26.9 Å². The van der Waals surface area contributed by atoms with Crippen LogP contribution in [0, 0.1) is 13.8 Å². The van der Waals surface area contributed by atoms with Gasteiger partial charge in [0.05, 0.1) is 7.11 Å². The third kappa shape index (κ3) is 5.21. The number of carbonyl (C=O) groups excluding carboxylic acids is 2. The molecule has 0 aliphatic carbocycles. The second kappa shape index (κ2) is 8.85. The Hall–Kier alpha value is -3.08. The number of ether oxygens (including phenoxy) is 2. The summed E-state index contributed by atoms with van der Waals surface area (Å²) < 4.78 is 10.2. The molecule has 1 N–H and O–H groups in total.